The first kappa shape index (κ1) is 12.7. The van der Waals surface area contributed by atoms with Crippen LogP contribution < -0.4 is 5.32 Å². The van der Waals surface area contributed by atoms with Gasteiger partial charge < -0.3 is 5.32 Å². The Kier molecular flexibility index (Phi) is 3.56. The molecule has 3 nitrogen and oxygen atoms in total. The Morgan fingerprint density at radius 3 is 2.47 bits per heavy atom. The molecule has 0 saturated heterocycles. The SMILES string of the molecule is Cc1nnc(NC2CCC(Cl)CC2)c2ccccc12. The zero-order chi connectivity index (χ0) is 13.2. The summed E-state index contributed by atoms with van der Waals surface area (Å²) in [5, 5.41) is 14.8. The summed E-state index contributed by atoms with van der Waals surface area (Å²) in [4.78, 5) is 0. The molecular formula is C15H18ClN3. The monoisotopic (exact) mass is 275 g/mol. The molecular weight excluding hydrogens is 258 g/mol. The van der Waals surface area contributed by atoms with Crippen molar-refractivity contribution in [2.75, 3.05) is 5.32 Å². The Morgan fingerprint density at radius 1 is 1.05 bits per heavy atom. The lowest BCUT2D eigenvalue weighted by molar-refractivity contribution is 0.467. The van der Waals surface area contributed by atoms with Crippen LogP contribution in [0, 0.1) is 6.92 Å². The molecule has 0 amide bonds. The van der Waals surface area contributed by atoms with E-state index in [1.807, 2.05) is 19.1 Å². The number of nitrogens with zero attached hydrogens (tertiary/aromatic N) is 2. The minimum atomic E-state index is 0.346. The molecule has 0 atom stereocenters. The number of rotatable bonds is 2. The van der Waals surface area contributed by atoms with Gasteiger partial charge in [-0.2, -0.15) is 5.10 Å². The Hall–Kier alpha value is -1.35. The van der Waals surface area contributed by atoms with Crippen molar-refractivity contribution >= 4 is 28.2 Å². The molecule has 1 aromatic heterocycles. The van der Waals surface area contributed by atoms with Gasteiger partial charge in [0.15, 0.2) is 5.82 Å². The summed E-state index contributed by atoms with van der Waals surface area (Å²) in [6, 6.07) is 8.76. The first-order valence-electron chi connectivity index (χ1n) is 6.86. The van der Waals surface area contributed by atoms with Gasteiger partial charge in [0.2, 0.25) is 0 Å². The van der Waals surface area contributed by atoms with Crippen molar-refractivity contribution in [3.05, 3.63) is 30.0 Å². The molecule has 0 bridgehead atoms. The number of aromatic nitrogens is 2. The maximum absolute atomic E-state index is 6.15. The van der Waals surface area contributed by atoms with Crippen LogP contribution in [0.1, 0.15) is 31.4 Å². The van der Waals surface area contributed by atoms with E-state index in [2.05, 4.69) is 27.6 Å². The fraction of sp³-hybridized carbons (Fsp3) is 0.467. The summed E-state index contributed by atoms with van der Waals surface area (Å²) in [5.41, 5.74) is 0.977. The number of nitrogens with one attached hydrogen (secondary N) is 1. The first-order chi connectivity index (χ1) is 9.24. The average Bonchev–Trinajstić information content (AvgIpc) is 2.45. The lowest BCUT2D eigenvalue weighted by Gasteiger charge is -2.26. The summed E-state index contributed by atoms with van der Waals surface area (Å²) in [5.74, 6) is 0.902. The fourth-order valence-corrected chi connectivity index (χ4v) is 2.99. The molecule has 0 aliphatic heterocycles. The van der Waals surface area contributed by atoms with Gasteiger partial charge in [0.1, 0.15) is 0 Å². The highest BCUT2D eigenvalue weighted by Gasteiger charge is 2.20. The maximum Gasteiger partial charge on any atom is 0.156 e. The van der Waals surface area contributed by atoms with Gasteiger partial charge in [-0.3, -0.25) is 0 Å². The smallest absolute Gasteiger partial charge is 0.156 e. The molecule has 1 fully saturated rings. The predicted octanol–water partition coefficient (Wildman–Crippen LogP) is 3.90. The molecule has 1 aliphatic carbocycles. The summed E-state index contributed by atoms with van der Waals surface area (Å²) < 4.78 is 0. The van der Waals surface area contributed by atoms with E-state index in [4.69, 9.17) is 11.6 Å². The van der Waals surface area contributed by atoms with Crippen LogP contribution in [0.25, 0.3) is 10.8 Å². The molecule has 1 heterocycles. The van der Waals surface area contributed by atoms with E-state index >= 15 is 0 Å². The molecule has 0 radical (unpaired) electrons. The standard InChI is InChI=1S/C15H18ClN3/c1-10-13-4-2-3-5-14(13)15(19-18-10)17-12-8-6-11(16)7-9-12/h2-5,11-12H,6-9H2,1H3,(H,17,19). The Labute approximate surface area is 118 Å². The molecule has 1 aromatic carbocycles. The van der Waals surface area contributed by atoms with E-state index in [1.165, 1.54) is 5.39 Å². The molecule has 1 N–H and O–H groups in total. The fourth-order valence-electron chi connectivity index (χ4n) is 2.73. The Bertz CT molecular complexity index is 577. The summed E-state index contributed by atoms with van der Waals surface area (Å²) in [6.07, 6.45) is 4.38. The van der Waals surface area contributed by atoms with Crippen LogP contribution in [0.5, 0.6) is 0 Å². The first-order valence-corrected chi connectivity index (χ1v) is 7.30. The molecule has 1 aliphatic rings. The van der Waals surface area contributed by atoms with Crippen LogP contribution in [0.3, 0.4) is 0 Å². The third-order valence-electron chi connectivity index (χ3n) is 3.87. The van der Waals surface area contributed by atoms with Gasteiger partial charge in [0.05, 0.1) is 5.69 Å². The van der Waals surface area contributed by atoms with Crippen molar-refractivity contribution in [2.24, 2.45) is 0 Å². The van der Waals surface area contributed by atoms with Crippen molar-refractivity contribution in [1.82, 2.24) is 10.2 Å². The highest BCUT2D eigenvalue weighted by molar-refractivity contribution is 6.20. The van der Waals surface area contributed by atoms with Gasteiger partial charge in [-0.1, -0.05) is 24.3 Å². The van der Waals surface area contributed by atoms with Crippen molar-refractivity contribution < 1.29 is 0 Å². The quantitative estimate of drug-likeness (QED) is 0.845. The molecule has 2 aromatic rings. The van der Waals surface area contributed by atoms with E-state index in [1.54, 1.807) is 0 Å². The van der Waals surface area contributed by atoms with E-state index in [0.717, 1.165) is 42.6 Å². The predicted molar refractivity (Wildman–Crippen MR) is 79.8 cm³/mol. The van der Waals surface area contributed by atoms with Crippen LogP contribution >= 0.6 is 11.6 Å². The topological polar surface area (TPSA) is 37.8 Å². The van der Waals surface area contributed by atoms with Crippen molar-refractivity contribution in [2.45, 2.75) is 44.0 Å². The van der Waals surface area contributed by atoms with Gasteiger partial charge in [-0.25, -0.2) is 0 Å². The number of hydrogen-bond donors (Lipinski definition) is 1. The lowest BCUT2D eigenvalue weighted by atomic mass is 9.95. The second-order valence-corrected chi connectivity index (χ2v) is 5.89. The van der Waals surface area contributed by atoms with E-state index in [0.29, 0.717) is 11.4 Å². The Balaban J connectivity index is 1.87. The largest absolute Gasteiger partial charge is 0.365 e. The zero-order valence-electron chi connectivity index (χ0n) is 11.1. The second-order valence-electron chi connectivity index (χ2n) is 5.27. The van der Waals surface area contributed by atoms with Crippen molar-refractivity contribution in [1.29, 1.82) is 0 Å². The van der Waals surface area contributed by atoms with Crippen LogP contribution in [-0.2, 0) is 0 Å². The summed E-state index contributed by atoms with van der Waals surface area (Å²) in [7, 11) is 0. The lowest BCUT2D eigenvalue weighted by Crippen LogP contribution is -2.27. The third-order valence-corrected chi connectivity index (χ3v) is 4.31. The van der Waals surface area contributed by atoms with Crippen LogP contribution in [0.2, 0.25) is 0 Å². The molecule has 1 saturated carbocycles. The van der Waals surface area contributed by atoms with Crippen molar-refractivity contribution in [3.63, 3.8) is 0 Å². The number of hydrogen-bond acceptors (Lipinski definition) is 3. The van der Waals surface area contributed by atoms with Crippen molar-refractivity contribution in [3.8, 4) is 0 Å². The van der Waals surface area contributed by atoms with Gasteiger partial charge in [-0.15, -0.1) is 16.7 Å². The van der Waals surface area contributed by atoms with E-state index in [-0.39, 0.29) is 0 Å². The van der Waals surface area contributed by atoms with Crippen LogP contribution in [0.15, 0.2) is 24.3 Å². The molecule has 0 unspecified atom stereocenters. The number of benzene rings is 1. The van der Waals surface area contributed by atoms with Gasteiger partial charge >= 0.3 is 0 Å². The minimum absolute atomic E-state index is 0.346. The highest BCUT2D eigenvalue weighted by Crippen LogP contribution is 2.28. The Morgan fingerprint density at radius 2 is 1.74 bits per heavy atom. The van der Waals surface area contributed by atoms with Gasteiger partial charge in [0, 0.05) is 22.2 Å². The number of halogens is 1. The number of alkyl halides is 1. The molecule has 4 heteroatoms. The molecule has 100 valence electrons. The summed E-state index contributed by atoms with van der Waals surface area (Å²) in [6.45, 7) is 2.00. The maximum atomic E-state index is 6.15. The molecule has 0 spiro atoms. The van der Waals surface area contributed by atoms with Crippen LogP contribution in [-0.4, -0.2) is 21.6 Å². The minimum Gasteiger partial charge on any atom is -0.365 e. The zero-order valence-corrected chi connectivity index (χ0v) is 11.8. The van der Waals surface area contributed by atoms with Crippen LogP contribution in [0.4, 0.5) is 5.82 Å². The average molecular weight is 276 g/mol. The van der Waals surface area contributed by atoms with E-state index < -0.39 is 0 Å². The van der Waals surface area contributed by atoms with E-state index in [9.17, 15) is 0 Å². The number of anilines is 1. The molecule has 3 rings (SSSR count). The van der Waals surface area contributed by atoms with Gasteiger partial charge in [0.25, 0.3) is 0 Å². The second kappa shape index (κ2) is 5.33. The molecule has 19 heavy (non-hydrogen) atoms. The number of aryl methyl sites for hydroxylation is 1. The summed E-state index contributed by atoms with van der Waals surface area (Å²) >= 11 is 6.15. The highest BCUT2D eigenvalue weighted by atomic mass is 35.5. The third kappa shape index (κ3) is 2.66. The number of fused-ring (bicyclic) bond motifs is 1. The van der Waals surface area contributed by atoms with Gasteiger partial charge in [-0.05, 0) is 32.6 Å². The normalized spacial score (nSPS) is 23.5.